The molecule has 0 aliphatic carbocycles. The summed E-state index contributed by atoms with van der Waals surface area (Å²) in [7, 11) is 0. The summed E-state index contributed by atoms with van der Waals surface area (Å²) >= 11 is 0. The molecule has 1 aromatic heterocycles. The van der Waals surface area contributed by atoms with Crippen LogP contribution in [0.1, 0.15) is 0 Å². The van der Waals surface area contributed by atoms with Crippen LogP contribution in [0.2, 0.25) is 0 Å². The van der Waals surface area contributed by atoms with Crippen LogP contribution in [0.3, 0.4) is 0 Å². The number of rotatable bonds is 1. The van der Waals surface area contributed by atoms with Crippen molar-refractivity contribution in [2.45, 2.75) is 0 Å². The van der Waals surface area contributed by atoms with E-state index in [9.17, 15) is 0 Å². The summed E-state index contributed by atoms with van der Waals surface area (Å²) < 4.78 is 11.2. The van der Waals surface area contributed by atoms with E-state index in [2.05, 4.69) is 4.98 Å². The molecule has 0 atom stereocenters. The lowest BCUT2D eigenvalue weighted by atomic mass is 10.0. The molecule has 92 valence electrons. The summed E-state index contributed by atoms with van der Waals surface area (Å²) in [6, 6.07) is 9.26. The molecule has 0 spiro atoms. The van der Waals surface area contributed by atoms with Crippen molar-refractivity contribution in [3.05, 3.63) is 30.3 Å². The number of benzene rings is 1. The normalized spacial score (nSPS) is 13.3. The molecule has 2 heterocycles. The number of para-hydroxylation sites is 1. The molecule has 18 heavy (non-hydrogen) atoms. The SMILES string of the molecule is Nc1ccc(-c2cccc3c2OCCO3)c(N)n1. The highest BCUT2D eigenvalue weighted by Crippen LogP contribution is 2.41. The van der Waals surface area contributed by atoms with Gasteiger partial charge in [-0.1, -0.05) is 12.1 Å². The molecule has 0 fully saturated rings. The highest BCUT2D eigenvalue weighted by Gasteiger charge is 2.18. The minimum atomic E-state index is 0.387. The quantitative estimate of drug-likeness (QED) is 0.796. The first-order valence-electron chi connectivity index (χ1n) is 5.66. The second-order valence-electron chi connectivity index (χ2n) is 4.00. The third-order valence-electron chi connectivity index (χ3n) is 2.80. The second kappa shape index (κ2) is 4.10. The Kier molecular flexibility index (Phi) is 2.44. The van der Waals surface area contributed by atoms with Crippen LogP contribution in [-0.2, 0) is 0 Å². The van der Waals surface area contributed by atoms with E-state index in [1.165, 1.54) is 0 Å². The fraction of sp³-hybridized carbons (Fsp3) is 0.154. The largest absolute Gasteiger partial charge is 0.486 e. The molecule has 5 heteroatoms. The van der Waals surface area contributed by atoms with Crippen molar-refractivity contribution in [2.75, 3.05) is 24.7 Å². The monoisotopic (exact) mass is 243 g/mol. The summed E-state index contributed by atoms with van der Waals surface area (Å²) in [5.41, 5.74) is 13.2. The lowest BCUT2D eigenvalue weighted by Crippen LogP contribution is -2.16. The standard InChI is InChI=1S/C13H13N3O2/c14-11-5-4-9(13(15)16-11)8-2-1-3-10-12(8)18-7-6-17-10/h1-5H,6-7H2,(H4,14,15,16). The number of hydrogen-bond acceptors (Lipinski definition) is 5. The van der Waals surface area contributed by atoms with Crippen LogP contribution in [0.5, 0.6) is 11.5 Å². The van der Waals surface area contributed by atoms with Crippen molar-refractivity contribution in [1.82, 2.24) is 4.98 Å². The average molecular weight is 243 g/mol. The molecular weight excluding hydrogens is 230 g/mol. The highest BCUT2D eigenvalue weighted by molar-refractivity contribution is 5.81. The zero-order chi connectivity index (χ0) is 12.5. The Balaban J connectivity index is 2.17. The van der Waals surface area contributed by atoms with E-state index in [4.69, 9.17) is 20.9 Å². The van der Waals surface area contributed by atoms with E-state index in [1.54, 1.807) is 6.07 Å². The Morgan fingerprint density at radius 2 is 1.78 bits per heavy atom. The van der Waals surface area contributed by atoms with E-state index >= 15 is 0 Å². The van der Waals surface area contributed by atoms with Gasteiger partial charge in [0.1, 0.15) is 24.8 Å². The fourth-order valence-electron chi connectivity index (χ4n) is 2.00. The van der Waals surface area contributed by atoms with Gasteiger partial charge in [-0.3, -0.25) is 0 Å². The highest BCUT2D eigenvalue weighted by atomic mass is 16.6. The predicted molar refractivity (Wildman–Crippen MR) is 69.5 cm³/mol. The van der Waals surface area contributed by atoms with E-state index in [0.29, 0.717) is 30.6 Å². The zero-order valence-electron chi connectivity index (χ0n) is 9.72. The lowest BCUT2D eigenvalue weighted by Gasteiger charge is -2.21. The summed E-state index contributed by atoms with van der Waals surface area (Å²) in [5.74, 6) is 2.23. The fourth-order valence-corrected chi connectivity index (χ4v) is 2.00. The molecule has 1 aliphatic rings. The number of pyridine rings is 1. The molecular formula is C13H13N3O2. The number of ether oxygens (including phenoxy) is 2. The van der Waals surface area contributed by atoms with E-state index in [0.717, 1.165) is 16.9 Å². The summed E-state index contributed by atoms with van der Waals surface area (Å²) in [6.07, 6.45) is 0. The Labute approximate surface area is 104 Å². The zero-order valence-corrected chi connectivity index (χ0v) is 9.72. The van der Waals surface area contributed by atoms with Crippen molar-refractivity contribution < 1.29 is 9.47 Å². The molecule has 2 aromatic rings. The summed E-state index contributed by atoms with van der Waals surface area (Å²) in [6.45, 7) is 1.10. The Bertz CT molecular complexity index is 599. The van der Waals surface area contributed by atoms with Crippen LogP contribution in [0, 0.1) is 0 Å². The van der Waals surface area contributed by atoms with Gasteiger partial charge in [-0.15, -0.1) is 0 Å². The van der Waals surface area contributed by atoms with Crippen LogP contribution in [0.4, 0.5) is 11.6 Å². The number of hydrogen-bond donors (Lipinski definition) is 2. The number of nitrogen functional groups attached to an aromatic ring is 2. The first-order chi connectivity index (χ1) is 8.75. The predicted octanol–water partition coefficient (Wildman–Crippen LogP) is 1.68. The molecule has 0 saturated carbocycles. The third-order valence-corrected chi connectivity index (χ3v) is 2.80. The summed E-state index contributed by atoms with van der Waals surface area (Å²) in [4.78, 5) is 4.06. The molecule has 0 amide bonds. The first-order valence-corrected chi connectivity index (χ1v) is 5.66. The molecule has 0 radical (unpaired) electrons. The van der Waals surface area contributed by atoms with Crippen molar-refractivity contribution in [3.8, 4) is 22.6 Å². The van der Waals surface area contributed by atoms with Crippen LogP contribution in [0.15, 0.2) is 30.3 Å². The number of aromatic nitrogens is 1. The molecule has 1 aromatic carbocycles. The minimum Gasteiger partial charge on any atom is -0.486 e. The van der Waals surface area contributed by atoms with Gasteiger partial charge in [-0.25, -0.2) is 4.98 Å². The van der Waals surface area contributed by atoms with Crippen LogP contribution >= 0.6 is 0 Å². The van der Waals surface area contributed by atoms with Gasteiger partial charge in [-0.2, -0.15) is 0 Å². The number of fused-ring (bicyclic) bond motifs is 1. The van der Waals surface area contributed by atoms with Crippen LogP contribution in [0.25, 0.3) is 11.1 Å². The molecule has 0 bridgehead atoms. The van der Waals surface area contributed by atoms with Gasteiger partial charge >= 0.3 is 0 Å². The van der Waals surface area contributed by atoms with Crippen molar-refractivity contribution in [2.24, 2.45) is 0 Å². The van der Waals surface area contributed by atoms with E-state index in [1.807, 2.05) is 24.3 Å². The first kappa shape index (κ1) is 10.7. The maximum Gasteiger partial charge on any atom is 0.169 e. The summed E-state index contributed by atoms with van der Waals surface area (Å²) in [5, 5.41) is 0. The number of anilines is 2. The lowest BCUT2D eigenvalue weighted by molar-refractivity contribution is 0.172. The Hall–Kier alpha value is -2.43. The number of nitrogens with two attached hydrogens (primary N) is 2. The molecule has 3 rings (SSSR count). The molecule has 1 aliphatic heterocycles. The maximum atomic E-state index is 5.90. The second-order valence-corrected chi connectivity index (χ2v) is 4.00. The van der Waals surface area contributed by atoms with Gasteiger partial charge in [0.2, 0.25) is 0 Å². The van der Waals surface area contributed by atoms with Crippen LogP contribution < -0.4 is 20.9 Å². The smallest absolute Gasteiger partial charge is 0.169 e. The van der Waals surface area contributed by atoms with Crippen LogP contribution in [-0.4, -0.2) is 18.2 Å². The Morgan fingerprint density at radius 1 is 0.944 bits per heavy atom. The molecule has 4 N–H and O–H groups in total. The van der Waals surface area contributed by atoms with Crippen molar-refractivity contribution in [3.63, 3.8) is 0 Å². The van der Waals surface area contributed by atoms with Crippen molar-refractivity contribution in [1.29, 1.82) is 0 Å². The van der Waals surface area contributed by atoms with Gasteiger partial charge in [0, 0.05) is 11.1 Å². The van der Waals surface area contributed by atoms with Gasteiger partial charge in [0.05, 0.1) is 0 Å². The Morgan fingerprint density at radius 3 is 2.61 bits per heavy atom. The van der Waals surface area contributed by atoms with E-state index < -0.39 is 0 Å². The van der Waals surface area contributed by atoms with Gasteiger partial charge in [0.15, 0.2) is 11.5 Å². The maximum absolute atomic E-state index is 5.90. The van der Waals surface area contributed by atoms with Gasteiger partial charge in [0.25, 0.3) is 0 Å². The topological polar surface area (TPSA) is 83.4 Å². The van der Waals surface area contributed by atoms with Gasteiger partial charge < -0.3 is 20.9 Å². The number of nitrogens with zero attached hydrogens (tertiary/aromatic N) is 1. The van der Waals surface area contributed by atoms with Gasteiger partial charge in [-0.05, 0) is 18.2 Å². The van der Waals surface area contributed by atoms with E-state index in [-0.39, 0.29) is 0 Å². The van der Waals surface area contributed by atoms with Crippen molar-refractivity contribution >= 4 is 11.6 Å². The molecule has 0 unspecified atom stereocenters. The molecule has 5 nitrogen and oxygen atoms in total. The molecule has 0 saturated heterocycles. The minimum absolute atomic E-state index is 0.387. The third kappa shape index (κ3) is 1.69. The average Bonchev–Trinajstić information content (AvgIpc) is 2.38.